The number of fused-ring (bicyclic) bond motifs is 1. The minimum Gasteiger partial charge on any atom is -0.493 e. The molecule has 1 atom stereocenters. The van der Waals surface area contributed by atoms with Crippen LogP contribution in [0.3, 0.4) is 0 Å². The summed E-state index contributed by atoms with van der Waals surface area (Å²) >= 11 is 0. The van der Waals surface area contributed by atoms with Gasteiger partial charge in [-0.15, -0.1) is 0 Å². The van der Waals surface area contributed by atoms with Crippen LogP contribution in [-0.2, 0) is 4.79 Å². The van der Waals surface area contributed by atoms with Crippen molar-refractivity contribution in [3.63, 3.8) is 0 Å². The third-order valence-electron chi connectivity index (χ3n) is 6.04. The first kappa shape index (κ1) is 23.3. The van der Waals surface area contributed by atoms with Crippen molar-refractivity contribution >= 4 is 22.6 Å². The summed E-state index contributed by atoms with van der Waals surface area (Å²) in [4.78, 5) is 40.7. The number of hydrogen-bond acceptors (Lipinski definition) is 6. The number of nitrogens with one attached hydrogen (secondary N) is 1. The molecule has 2 heterocycles. The van der Waals surface area contributed by atoms with Crippen molar-refractivity contribution in [2.45, 2.75) is 19.8 Å². The van der Waals surface area contributed by atoms with E-state index in [0.29, 0.717) is 47.0 Å². The molecular formula is C25H28N4O5. The lowest BCUT2D eigenvalue weighted by Crippen LogP contribution is -2.44. The summed E-state index contributed by atoms with van der Waals surface area (Å²) in [7, 11) is 3.02. The Balaban J connectivity index is 1.67. The van der Waals surface area contributed by atoms with Gasteiger partial charge in [0.05, 0.1) is 31.8 Å². The van der Waals surface area contributed by atoms with Crippen LogP contribution in [0.1, 0.15) is 30.3 Å². The minimum absolute atomic E-state index is 0.0600. The van der Waals surface area contributed by atoms with Crippen LogP contribution in [0, 0.1) is 5.92 Å². The number of amides is 2. The Labute approximate surface area is 197 Å². The molecule has 1 fully saturated rings. The molecule has 0 saturated carbocycles. The number of carbonyl (C=O) groups is 2. The smallest absolute Gasteiger partial charge is 0.279 e. The standard InChI is InChI=1S/C25H28N4O5/c1-16-7-6-12-28(15-16)22(30)14-26-24(31)23-18-8-4-5-9-19(18)25(32)29(27-23)17-10-11-20(33-2)21(13-17)34-3/h4-5,8-11,13,16H,6-7,12,14-15H2,1-3H3,(H,26,31)/t16-/m0/s1. The highest BCUT2D eigenvalue weighted by molar-refractivity contribution is 6.05. The van der Waals surface area contributed by atoms with Crippen LogP contribution in [0.15, 0.2) is 47.3 Å². The highest BCUT2D eigenvalue weighted by Gasteiger charge is 2.23. The molecule has 2 aromatic carbocycles. The van der Waals surface area contributed by atoms with Gasteiger partial charge in [-0.3, -0.25) is 14.4 Å². The number of methoxy groups -OCH3 is 2. The van der Waals surface area contributed by atoms with E-state index in [0.717, 1.165) is 17.5 Å². The summed E-state index contributed by atoms with van der Waals surface area (Å²) < 4.78 is 11.8. The number of likely N-dealkylation sites (tertiary alicyclic amines) is 1. The first-order chi connectivity index (χ1) is 16.4. The third kappa shape index (κ3) is 4.59. The van der Waals surface area contributed by atoms with E-state index in [2.05, 4.69) is 17.3 Å². The molecule has 0 bridgehead atoms. The SMILES string of the molecule is COc1ccc(-n2nc(C(=O)NCC(=O)N3CCC[C@H](C)C3)c3ccccc3c2=O)cc1OC. The molecule has 1 saturated heterocycles. The Hall–Kier alpha value is -3.88. The van der Waals surface area contributed by atoms with E-state index in [9.17, 15) is 14.4 Å². The molecule has 9 heteroatoms. The van der Waals surface area contributed by atoms with E-state index in [1.807, 2.05) is 0 Å². The molecule has 178 valence electrons. The molecule has 1 aliphatic heterocycles. The summed E-state index contributed by atoms with van der Waals surface area (Å²) in [5.41, 5.74) is 0.100. The Morgan fingerprint density at radius 1 is 1.09 bits per heavy atom. The molecule has 1 N–H and O–H groups in total. The monoisotopic (exact) mass is 464 g/mol. The van der Waals surface area contributed by atoms with Gasteiger partial charge in [0.2, 0.25) is 5.91 Å². The number of carbonyl (C=O) groups excluding carboxylic acids is 2. The van der Waals surface area contributed by atoms with Gasteiger partial charge in [-0.25, -0.2) is 0 Å². The number of rotatable bonds is 6. The number of piperidine rings is 1. The molecule has 0 unspecified atom stereocenters. The van der Waals surface area contributed by atoms with E-state index in [1.165, 1.54) is 14.2 Å². The first-order valence-electron chi connectivity index (χ1n) is 11.2. The predicted molar refractivity (Wildman–Crippen MR) is 128 cm³/mol. The Morgan fingerprint density at radius 2 is 1.82 bits per heavy atom. The van der Waals surface area contributed by atoms with E-state index >= 15 is 0 Å². The van der Waals surface area contributed by atoms with Gasteiger partial charge in [0, 0.05) is 24.5 Å². The van der Waals surface area contributed by atoms with Gasteiger partial charge in [-0.05, 0) is 37.0 Å². The van der Waals surface area contributed by atoms with Crippen LogP contribution in [0.4, 0.5) is 0 Å². The molecule has 3 aromatic rings. The summed E-state index contributed by atoms with van der Waals surface area (Å²) in [5, 5.41) is 7.82. The van der Waals surface area contributed by atoms with Crippen molar-refractivity contribution < 1.29 is 19.1 Å². The summed E-state index contributed by atoms with van der Waals surface area (Å²) in [6.07, 6.45) is 2.06. The van der Waals surface area contributed by atoms with Crippen LogP contribution >= 0.6 is 0 Å². The Kier molecular flexibility index (Phi) is 6.81. The van der Waals surface area contributed by atoms with Crippen LogP contribution in [0.5, 0.6) is 11.5 Å². The maximum atomic E-state index is 13.2. The maximum absolute atomic E-state index is 13.2. The highest BCUT2D eigenvalue weighted by Crippen LogP contribution is 2.28. The Morgan fingerprint density at radius 3 is 2.53 bits per heavy atom. The second kappa shape index (κ2) is 9.94. The van der Waals surface area contributed by atoms with Gasteiger partial charge in [0.25, 0.3) is 11.5 Å². The van der Waals surface area contributed by atoms with Crippen LogP contribution < -0.4 is 20.3 Å². The summed E-state index contributed by atoms with van der Waals surface area (Å²) in [6, 6.07) is 11.7. The lowest BCUT2D eigenvalue weighted by molar-refractivity contribution is -0.131. The van der Waals surface area contributed by atoms with Crippen LogP contribution in [0.25, 0.3) is 16.5 Å². The minimum atomic E-state index is -0.524. The fourth-order valence-electron chi connectivity index (χ4n) is 4.26. The van der Waals surface area contributed by atoms with Gasteiger partial charge in [-0.2, -0.15) is 9.78 Å². The third-order valence-corrected chi connectivity index (χ3v) is 6.04. The van der Waals surface area contributed by atoms with Gasteiger partial charge >= 0.3 is 0 Å². The van der Waals surface area contributed by atoms with Crippen molar-refractivity contribution in [2.24, 2.45) is 5.92 Å². The average Bonchev–Trinajstić information content (AvgIpc) is 2.87. The first-order valence-corrected chi connectivity index (χ1v) is 11.2. The van der Waals surface area contributed by atoms with Gasteiger partial charge < -0.3 is 19.7 Å². The molecule has 0 radical (unpaired) electrons. The number of hydrogen-bond donors (Lipinski definition) is 1. The van der Waals surface area contributed by atoms with Crippen molar-refractivity contribution in [1.82, 2.24) is 20.0 Å². The molecule has 1 aliphatic rings. The topological polar surface area (TPSA) is 103 Å². The van der Waals surface area contributed by atoms with E-state index in [-0.39, 0.29) is 23.7 Å². The molecular weight excluding hydrogens is 436 g/mol. The lowest BCUT2D eigenvalue weighted by atomic mass is 10.0. The molecule has 34 heavy (non-hydrogen) atoms. The summed E-state index contributed by atoms with van der Waals surface area (Å²) in [6.45, 7) is 3.38. The van der Waals surface area contributed by atoms with E-state index in [4.69, 9.17) is 9.47 Å². The maximum Gasteiger partial charge on any atom is 0.279 e. The Bertz CT molecular complexity index is 1290. The van der Waals surface area contributed by atoms with Crippen LogP contribution in [-0.4, -0.2) is 60.3 Å². The number of nitrogens with zero attached hydrogens (tertiary/aromatic N) is 3. The molecule has 9 nitrogen and oxygen atoms in total. The zero-order valence-corrected chi connectivity index (χ0v) is 19.5. The highest BCUT2D eigenvalue weighted by atomic mass is 16.5. The normalized spacial score (nSPS) is 15.7. The molecule has 0 spiro atoms. The second-order valence-corrected chi connectivity index (χ2v) is 8.42. The number of aromatic nitrogens is 2. The largest absolute Gasteiger partial charge is 0.493 e. The fraction of sp³-hybridized carbons (Fsp3) is 0.360. The van der Waals surface area contributed by atoms with Gasteiger partial charge in [0.1, 0.15) is 0 Å². The van der Waals surface area contributed by atoms with Crippen molar-refractivity contribution in [2.75, 3.05) is 33.9 Å². The predicted octanol–water partition coefficient (Wildman–Crippen LogP) is 2.39. The second-order valence-electron chi connectivity index (χ2n) is 8.42. The lowest BCUT2D eigenvalue weighted by Gasteiger charge is -2.31. The molecule has 4 rings (SSSR count). The molecule has 2 amide bonds. The van der Waals surface area contributed by atoms with E-state index < -0.39 is 5.91 Å². The van der Waals surface area contributed by atoms with Crippen molar-refractivity contribution in [3.05, 3.63) is 58.5 Å². The van der Waals surface area contributed by atoms with Crippen LogP contribution in [0.2, 0.25) is 0 Å². The van der Waals surface area contributed by atoms with E-state index in [1.54, 1.807) is 47.4 Å². The number of benzene rings is 2. The van der Waals surface area contributed by atoms with Crippen molar-refractivity contribution in [3.8, 4) is 17.2 Å². The quantitative estimate of drug-likeness (QED) is 0.601. The fourth-order valence-corrected chi connectivity index (χ4v) is 4.26. The number of ether oxygens (including phenoxy) is 2. The molecule has 1 aromatic heterocycles. The summed E-state index contributed by atoms with van der Waals surface area (Å²) in [5.74, 6) is 0.725. The van der Waals surface area contributed by atoms with Gasteiger partial charge in [-0.1, -0.05) is 25.1 Å². The average molecular weight is 465 g/mol. The zero-order valence-electron chi connectivity index (χ0n) is 19.5. The molecule has 0 aliphatic carbocycles. The van der Waals surface area contributed by atoms with Gasteiger partial charge in [0.15, 0.2) is 17.2 Å². The van der Waals surface area contributed by atoms with Crippen molar-refractivity contribution in [1.29, 1.82) is 0 Å². The zero-order chi connectivity index (χ0) is 24.2.